The molecule has 0 amide bonds. The van der Waals surface area contributed by atoms with Crippen molar-refractivity contribution >= 4 is 11.6 Å². The molecule has 0 aliphatic rings. The van der Waals surface area contributed by atoms with E-state index < -0.39 is 0 Å². The van der Waals surface area contributed by atoms with Gasteiger partial charge < -0.3 is 0 Å². The van der Waals surface area contributed by atoms with E-state index in [-0.39, 0.29) is 6.04 Å². The minimum absolute atomic E-state index is 0.0171. The highest BCUT2D eigenvalue weighted by Gasteiger charge is 2.20. The van der Waals surface area contributed by atoms with E-state index in [4.69, 9.17) is 17.4 Å². The van der Waals surface area contributed by atoms with Gasteiger partial charge in [-0.3, -0.25) is 16.0 Å². The van der Waals surface area contributed by atoms with Crippen LogP contribution in [0.4, 0.5) is 0 Å². The lowest BCUT2D eigenvalue weighted by Gasteiger charge is -2.21. The zero-order valence-electron chi connectivity index (χ0n) is 12.4. The number of halogens is 1. The number of hydrazine groups is 1. The summed E-state index contributed by atoms with van der Waals surface area (Å²) in [6, 6.07) is 6.28. The first-order valence-corrected chi connectivity index (χ1v) is 7.03. The van der Waals surface area contributed by atoms with E-state index in [1.165, 1.54) is 16.7 Å². The minimum atomic E-state index is 0.0171. The van der Waals surface area contributed by atoms with E-state index in [1.54, 1.807) is 0 Å². The van der Waals surface area contributed by atoms with Gasteiger partial charge in [-0.05, 0) is 37.5 Å². The molecule has 2 aromatic rings. The molecule has 1 aromatic heterocycles. The van der Waals surface area contributed by atoms with Crippen molar-refractivity contribution in [3.63, 3.8) is 0 Å². The van der Waals surface area contributed by atoms with Gasteiger partial charge in [0.15, 0.2) is 0 Å². The first kappa shape index (κ1) is 15.0. The van der Waals surface area contributed by atoms with Crippen LogP contribution >= 0.6 is 11.6 Å². The first-order chi connectivity index (χ1) is 9.45. The van der Waals surface area contributed by atoms with Crippen molar-refractivity contribution in [2.45, 2.75) is 33.2 Å². The van der Waals surface area contributed by atoms with Crippen LogP contribution in [0.2, 0.25) is 5.02 Å². The summed E-state index contributed by atoms with van der Waals surface area (Å²) in [5.74, 6) is 5.77. The quantitative estimate of drug-likeness (QED) is 0.673. The van der Waals surface area contributed by atoms with Crippen LogP contribution in [0.15, 0.2) is 18.2 Å². The summed E-state index contributed by atoms with van der Waals surface area (Å²) in [4.78, 5) is 0. The van der Waals surface area contributed by atoms with E-state index in [0.29, 0.717) is 6.42 Å². The Labute approximate surface area is 124 Å². The Morgan fingerprint density at radius 1 is 1.30 bits per heavy atom. The number of aromatic nitrogens is 2. The van der Waals surface area contributed by atoms with Crippen molar-refractivity contribution in [3.8, 4) is 0 Å². The molecule has 108 valence electrons. The topological polar surface area (TPSA) is 55.9 Å². The molecule has 0 saturated carbocycles. The fourth-order valence-corrected chi connectivity index (χ4v) is 2.95. The third kappa shape index (κ3) is 2.73. The van der Waals surface area contributed by atoms with Crippen molar-refractivity contribution in [3.05, 3.63) is 51.3 Å². The van der Waals surface area contributed by atoms with Gasteiger partial charge in [0.2, 0.25) is 0 Å². The highest BCUT2D eigenvalue weighted by Crippen LogP contribution is 2.28. The van der Waals surface area contributed by atoms with E-state index >= 15 is 0 Å². The summed E-state index contributed by atoms with van der Waals surface area (Å²) in [5.41, 5.74) is 8.43. The predicted octanol–water partition coefficient (Wildman–Crippen LogP) is 2.75. The SMILES string of the molecule is Cc1cccc(C)c1C(Cc1c(Cl)c(C)nn1C)NN. The molecular weight excluding hydrogens is 272 g/mol. The molecule has 0 fully saturated rings. The van der Waals surface area contributed by atoms with Crippen LogP contribution in [0.1, 0.15) is 34.1 Å². The molecule has 1 unspecified atom stereocenters. The lowest BCUT2D eigenvalue weighted by Crippen LogP contribution is -2.31. The van der Waals surface area contributed by atoms with Crippen molar-refractivity contribution in [2.24, 2.45) is 12.9 Å². The van der Waals surface area contributed by atoms with E-state index in [9.17, 15) is 0 Å². The maximum atomic E-state index is 6.33. The molecule has 1 atom stereocenters. The Morgan fingerprint density at radius 2 is 1.90 bits per heavy atom. The molecule has 0 radical (unpaired) electrons. The summed E-state index contributed by atoms with van der Waals surface area (Å²) in [7, 11) is 1.91. The number of nitrogens with one attached hydrogen (secondary N) is 1. The van der Waals surface area contributed by atoms with Gasteiger partial charge in [-0.2, -0.15) is 5.10 Å². The molecule has 0 spiro atoms. The second kappa shape index (κ2) is 5.95. The standard InChI is InChI=1S/C15H21ClN4/c1-9-6-5-7-10(2)14(9)12(18-17)8-13-15(16)11(3)19-20(13)4/h5-7,12,18H,8,17H2,1-4H3. The molecule has 2 rings (SSSR count). The molecule has 1 aromatic carbocycles. The Morgan fingerprint density at radius 3 is 2.35 bits per heavy atom. The van der Waals surface area contributed by atoms with Crippen molar-refractivity contribution in [2.75, 3.05) is 0 Å². The fourth-order valence-electron chi connectivity index (χ4n) is 2.72. The smallest absolute Gasteiger partial charge is 0.0847 e. The maximum absolute atomic E-state index is 6.33. The van der Waals surface area contributed by atoms with Crippen LogP contribution in [0, 0.1) is 20.8 Å². The van der Waals surface area contributed by atoms with Crippen LogP contribution < -0.4 is 11.3 Å². The normalized spacial score (nSPS) is 12.7. The van der Waals surface area contributed by atoms with Gasteiger partial charge in [0.05, 0.1) is 22.5 Å². The van der Waals surface area contributed by atoms with Gasteiger partial charge in [0.1, 0.15) is 0 Å². The van der Waals surface area contributed by atoms with Gasteiger partial charge >= 0.3 is 0 Å². The molecular formula is C15H21ClN4. The van der Waals surface area contributed by atoms with Crippen molar-refractivity contribution in [1.29, 1.82) is 0 Å². The molecule has 0 saturated heterocycles. The third-order valence-corrected chi connectivity index (χ3v) is 4.24. The summed E-state index contributed by atoms with van der Waals surface area (Å²) in [5, 5.41) is 5.07. The number of aryl methyl sites for hydroxylation is 4. The van der Waals surface area contributed by atoms with Gasteiger partial charge in [0, 0.05) is 13.5 Å². The Balaban J connectivity index is 2.39. The van der Waals surface area contributed by atoms with Gasteiger partial charge in [0.25, 0.3) is 0 Å². The van der Waals surface area contributed by atoms with Crippen molar-refractivity contribution < 1.29 is 0 Å². The molecule has 4 nitrogen and oxygen atoms in total. The van der Waals surface area contributed by atoms with E-state index in [0.717, 1.165) is 16.4 Å². The lowest BCUT2D eigenvalue weighted by atomic mass is 9.93. The zero-order chi connectivity index (χ0) is 14.9. The van der Waals surface area contributed by atoms with Crippen LogP contribution in [-0.4, -0.2) is 9.78 Å². The number of nitrogens with zero attached hydrogens (tertiary/aromatic N) is 2. The Kier molecular flexibility index (Phi) is 4.48. The number of hydrogen-bond acceptors (Lipinski definition) is 3. The molecule has 5 heteroatoms. The monoisotopic (exact) mass is 292 g/mol. The Hall–Kier alpha value is -1.36. The van der Waals surface area contributed by atoms with E-state index in [2.05, 4.69) is 42.6 Å². The van der Waals surface area contributed by atoms with Crippen LogP contribution in [0.5, 0.6) is 0 Å². The largest absolute Gasteiger partial charge is 0.271 e. The molecule has 0 bridgehead atoms. The molecule has 20 heavy (non-hydrogen) atoms. The average Bonchev–Trinajstić information content (AvgIpc) is 2.63. The zero-order valence-corrected chi connectivity index (χ0v) is 13.1. The van der Waals surface area contributed by atoms with Crippen LogP contribution in [-0.2, 0) is 13.5 Å². The fraction of sp³-hybridized carbons (Fsp3) is 0.400. The summed E-state index contributed by atoms with van der Waals surface area (Å²) >= 11 is 6.33. The average molecular weight is 293 g/mol. The predicted molar refractivity (Wildman–Crippen MR) is 82.6 cm³/mol. The third-order valence-electron chi connectivity index (χ3n) is 3.75. The summed E-state index contributed by atoms with van der Waals surface area (Å²) < 4.78 is 1.83. The molecule has 1 heterocycles. The van der Waals surface area contributed by atoms with Gasteiger partial charge in [-0.25, -0.2) is 0 Å². The molecule has 3 N–H and O–H groups in total. The second-order valence-corrected chi connectivity index (χ2v) is 5.58. The van der Waals surface area contributed by atoms with Gasteiger partial charge in [-0.15, -0.1) is 0 Å². The second-order valence-electron chi connectivity index (χ2n) is 5.20. The van der Waals surface area contributed by atoms with Gasteiger partial charge in [-0.1, -0.05) is 29.8 Å². The maximum Gasteiger partial charge on any atom is 0.0847 e. The number of hydrogen-bond donors (Lipinski definition) is 2. The van der Waals surface area contributed by atoms with Crippen LogP contribution in [0.25, 0.3) is 0 Å². The highest BCUT2D eigenvalue weighted by molar-refractivity contribution is 6.31. The van der Waals surface area contributed by atoms with Crippen LogP contribution in [0.3, 0.4) is 0 Å². The molecule has 0 aliphatic carbocycles. The Bertz CT molecular complexity index is 598. The van der Waals surface area contributed by atoms with E-state index in [1.807, 2.05) is 18.7 Å². The number of nitrogens with two attached hydrogens (primary N) is 1. The minimum Gasteiger partial charge on any atom is -0.271 e. The number of rotatable bonds is 4. The number of benzene rings is 1. The summed E-state index contributed by atoms with van der Waals surface area (Å²) in [6.07, 6.45) is 0.707. The molecule has 0 aliphatic heterocycles. The lowest BCUT2D eigenvalue weighted by molar-refractivity contribution is 0.525. The van der Waals surface area contributed by atoms with Crippen molar-refractivity contribution in [1.82, 2.24) is 15.2 Å². The summed E-state index contributed by atoms with van der Waals surface area (Å²) in [6.45, 7) is 6.11. The first-order valence-electron chi connectivity index (χ1n) is 6.66. The highest BCUT2D eigenvalue weighted by atomic mass is 35.5.